The summed E-state index contributed by atoms with van der Waals surface area (Å²) in [6.45, 7) is 1.81. The zero-order valence-electron chi connectivity index (χ0n) is 13.6. The molecule has 1 aromatic heterocycles. The first kappa shape index (κ1) is 15.4. The summed E-state index contributed by atoms with van der Waals surface area (Å²) in [6.07, 6.45) is 2.24. The molecule has 1 fully saturated rings. The molecule has 2 heterocycles. The second kappa shape index (κ2) is 6.76. The van der Waals surface area contributed by atoms with Crippen LogP contribution in [0, 0.1) is 11.3 Å². The van der Waals surface area contributed by atoms with Crippen molar-refractivity contribution >= 4 is 5.82 Å². The average Bonchev–Trinajstić information content (AvgIpc) is 3.03. The number of likely N-dealkylation sites (tertiary alicyclic amines) is 1. The summed E-state index contributed by atoms with van der Waals surface area (Å²) in [5.41, 5.74) is 2.86. The van der Waals surface area contributed by atoms with Crippen LogP contribution in [0.5, 0.6) is 0 Å². The molecule has 1 aliphatic heterocycles. The maximum atomic E-state index is 9.26. The van der Waals surface area contributed by atoms with Gasteiger partial charge in [0.25, 0.3) is 0 Å². The fourth-order valence-electron chi connectivity index (χ4n) is 3.09. The van der Waals surface area contributed by atoms with Crippen molar-refractivity contribution in [3.05, 3.63) is 53.2 Å². The fourth-order valence-corrected chi connectivity index (χ4v) is 3.09. The van der Waals surface area contributed by atoms with Gasteiger partial charge in [0.2, 0.25) is 0 Å². The number of hydrogen-bond donors (Lipinski definition) is 0. The van der Waals surface area contributed by atoms with Crippen molar-refractivity contribution in [3.8, 4) is 6.07 Å². The molecular weight excluding hydrogens is 286 g/mol. The van der Waals surface area contributed by atoms with Crippen LogP contribution in [0.25, 0.3) is 0 Å². The highest BCUT2D eigenvalue weighted by Gasteiger charge is 2.27. The standard InChI is InChI=1S/C18H21N5/c1-22(2)18-10-9-16(20-21-18)17-8-5-11-23(17)13-15-7-4-3-6-14(15)12-19/h3-4,6-7,9-10,17H,5,8,11,13H2,1-2H3. The van der Waals surface area contributed by atoms with Gasteiger partial charge in [0.05, 0.1) is 23.4 Å². The van der Waals surface area contributed by atoms with Crippen molar-refractivity contribution in [1.82, 2.24) is 15.1 Å². The van der Waals surface area contributed by atoms with Gasteiger partial charge in [-0.15, -0.1) is 5.10 Å². The van der Waals surface area contributed by atoms with Crippen molar-refractivity contribution in [3.63, 3.8) is 0 Å². The first-order valence-electron chi connectivity index (χ1n) is 7.92. The van der Waals surface area contributed by atoms with Gasteiger partial charge in [0.15, 0.2) is 5.82 Å². The van der Waals surface area contributed by atoms with Crippen molar-refractivity contribution in [1.29, 1.82) is 5.26 Å². The smallest absolute Gasteiger partial charge is 0.150 e. The second-order valence-corrected chi connectivity index (χ2v) is 6.11. The number of rotatable bonds is 4. The molecule has 0 saturated carbocycles. The van der Waals surface area contributed by atoms with E-state index in [0.29, 0.717) is 0 Å². The first-order valence-corrected chi connectivity index (χ1v) is 7.92. The topological polar surface area (TPSA) is 56.0 Å². The molecule has 118 valence electrons. The second-order valence-electron chi connectivity index (χ2n) is 6.11. The normalized spacial score (nSPS) is 17.9. The monoisotopic (exact) mass is 307 g/mol. The molecule has 5 nitrogen and oxygen atoms in total. The van der Waals surface area contributed by atoms with Crippen LogP contribution >= 0.6 is 0 Å². The highest BCUT2D eigenvalue weighted by atomic mass is 15.3. The van der Waals surface area contributed by atoms with Crippen molar-refractivity contribution in [2.75, 3.05) is 25.5 Å². The maximum absolute atomic E-state index is 9.26. The molecule has 1 saturated heterocycles. The first-order chi connectivity index (χ1) is 11.2. The molecule has 0 radical (unpaired) electrons. The van der Waals surface area contributed by atoms with Gasteiger partial charge >= 0.3 is 0 Å². The van der Waals surface area contributed by atoms with E-state index in [1.165, 1.54) is 0 Å². The van der Waals surface area contributed by atoms with Gasteiger partial charge in [-0.25, -0.2) is 0 Å². The van der Waals surface area contributed by atoms with Gasteiger partial charge in [-0.3, -0.25) is 4.90 Å². The molecule has 0 N–H and O–H groups in total. The lowest BCUT2D eigenvalue weighted by atomic mass is 10.1. The van der Waals surface area contributed by atoms with Crippen LogP contribution in [0.15, 0.2) is 36.4 Å². The van der Waals surface area contributed by atoms with Crippen LogP contribution in [-0.4, -0.2) is 35.7 Å². The van der Waals surface area contributed by atoms with Gasteiger partial charge < -0.3 is 4.90 Å². The number of nitriles is 1. The SMILES string of the molecule is CN(C)c1ccc(C2CCCN2Cc2ccccc2C#N)nn1. The Hall–Kier alpha value is -2.45. The largest absolute Gasteiger partial charge is 0.361 e. The quantitative estimate of drug-likeness (QED) is 0.869. The Morgan fingerprint density at radius 2 is 2.04 bits per heavy atom. The summed E-state index contributed by atoms with van der Waals surface area (Å²) in [5.74, 6) is 0.869. The van der Waals surface area contributed by atoms with Crippen LogP contribution in [0.4, 0.5) is 5.82 Å². The van der Waals surface area contributed by atoms with Crippen molar-refractivity contribution < 1.29 is 0 Å². The summed E-state index contributed by atoms with van der Waals surface area (Å²) >= 11 is 0. The molecule has 2 aromatic rings. The van der Waals surface area contributed by atoms with Gasteiger partial charge in [0, 0.05) is 20.6 Å². The zero-order chi connectivity index (χ0) is 16.2. The Bertz CT molecular complexity index is 702. The molecule has 1 unspecified atom stereocenters. The fraction of sp³-hybridized carbons (Fsp3) is 0.389. The molecule has 1 atom stereocenters. The predicted octanol–water partition coefficient (Wildman–Crippen LogP) is 2.75. The Kier molecular flexibility index (Phi) is 4.54. The lowest BCUT2D eigenvalue weighted by Gasteiger charge is -2.24. The summed E-state index contributed by atoms with van der Waals surface area (Å²) in [4.78, 5) is 4.35. The molecule has 0 bridgehead atoms. The Morgan fingerprint density at radius 3 is 2.74 bits per heavy atom. The number of anilines is 1. The summed E-state index contributed by atoms with van der Waals surface area (Å²) in [5, 5.41) is 18.0. The summed E-state index contributed by atoms with van der Waals surface area (Å²) in [7, 11) is 3.93. The van der Waals surface area contributed by atoms with Gasteiger partial charge in [-0.05, 0) is 43.1 Å². The molecule has 5 heteroatoms. The minimum atomic E-state index is 0.283. The van der Waals surface area contributed by atoms with Crippen LogP contribution in [0.1, 0.15) is 35.7 Å². The molecule has 0 aliphatic carbocycles. The molecular formula is C18H21N5. The third-order valence-electron chi connectivity index (χ3n) is 4.35. The summed E-state index contributed by atoms with van der Waals surface area (Å²) < 4.78 is 0. The number of hydrogen-bond acceptors (Lipinski definition) is 5. The number of benzene rings is 1. The van der Waals surface area contributed by atoms with E-state index in [9.17, 15) is 5.26 Å². The van der Waals surface area contributed by atoms with Gasteiger partial charge in [0.1, 0.15) is 0 Å². The Labute approximate surface area is 137 Å². The lowest BCUT2D eigenvalue weighted by Crippen LogP contribution is -2.24. The van der Waals surface area contributed by atoms with Crippen LogP contribution in [0.3, 0.4) is 0 Å². The lowest BCUT2D eigenvalue weighted by molar-refractivity contribution is 0.243. The predicted molar refractivity (Wildman–Crippen MR) is 89.9 cm³/mol. The van der Waals surface area contributed by atoms with E-state index >= 15 is 0 Å². The van der Waals surface area contributed by atoms with Crippen LogP contribution in [-0.2, 0) is 6.54 Å². The Morgan fingerprint density at radius 1 is 1.22 bits per heavy atom. The average molecular weight is 307 g/mol. The van der Waals surface area contributed by atoms with E-state index in [0.717, 1.165) is 48.6 Å². The highest BCUT2D eigenvalue weighted by Crippen LogP contribution is 2.32. The van der Waals surface area contributed by atoms with E-state index in [-0.39, 0.29) is 6.04 Å². The zero-order valence-corrected chi connectivity index (χ0v) is 13.6. The molecule has 23 heavy (non-hydrogen) atoms. The number of aromatic nitrogens is 2. The van der Waals surface area contributed by atoms with Crippen molar-refractivity contribution in [2.24, 2.45) is 0 Å². The van der Waals surface area contributed by atoms with E-state index in [1.54, 1.807) is 0 Å². The van der Waals surface area contributed by atoms with E-state index in [4.69, 9.17) is 0 Å². The van der Waals surface area contributed by atoms with E-state index < -0.39 is 0 Å². The maximum Gasteiger partial charge on any atom is 0.150 e. The van der Waals surface area contributed by atoms with Crippen LogP contribution < -0.4 is 4.90 Å². The molecule has 1 aliphatic rings. The molecule has 0 spiro atoms. The van der Waals surface area contributed by atoms with E-state index in [1.807, 2.05) is 49.3 Å². The third-order valence-corrected chi connectivity index (χ3v) is 4.35. The highest BCUT2D eigenvalue weighted by molar-refractivity contribution is 5.38. The molecule has 3 rings (SSSR count). The number of nitrogens with zero attached hydrogens (tertiary/aromatic N) is 5. The van der Waals surface area contributed by atoms with E-state index in [2.05, 4.69) is 27.2 Å². The third kappa shape index (κ3) is 3.33. The minimum Gasteiger partial charge on any atom is -0.361 e. The molecule has 0 amide bonds. The minimum absolute atomic E-state index is 0.283. The van der Waals surface area contributed by atoms with Gasteiger partial charge in [-0.1, -0.05) is 18.2 Å². The summed E-state index contributed by atoms with van der Waals surface area (Å²) in [6, 6.07) is 14.5. The molecule has 1 aromatic carbocycles. The van der Waals surface area contributed by atoms with Crippen molar-refractivity contribution in [2.45, 2.75) is 25.4 Å². The van der Waals surface area contributed by atoms with Crippen LogP contribution in [0.2, 0.25) is 0 Å². The van der Waals surface area contributed by atoms with Gasteiger partial charge in [-0.2, -0.15) is 10.4 Å². The Balaban J connectivity index is 1.79.